The average Bonchev–Trinajstić information content (AvgIpc) is 3.06. The number of rotatable bonds is 6. The minimum atomic E-state index is -0.443. The number of fused-ring (bicyclic) bond motifs is 1. The highest BCUT2D eigenvalue weighted by molar-refractivity contribution is 5.78. The van der Waals surface area contributed by atoms with Crippen LogP contribution >= 0.6 is 0 Å². The van der Waals surface area contributed by atoms with Gasteiger partial charge in [0.05, 0.1) is 7.11 Å². The van der Waals surface area contributed by atoms with Crippen molar-refractivity contribution >= 4 is 11.8 Å². The van der Waals surface area contributed by atoms with Crippen LogP contribution in [0.15, 0.2) is 36.4 Å². The van der Waals surface area contributed by atoms with Crippen LogP contribution in [0.5, 0.6) is 23.0 Å². The van der Waals surface area contributed by atoms with Gasteiger partial charge < -0.3 is 18.9 Å². The van der Waals surface area contributed by atoms with Gasteiger partial charge in [0.15, 0.2) is 11.5 Å². The largest absolute Gasteiger partial charge is 0.497 e. The highest BCUT2D eigenvalue weighted by Gasteiger charge is 2.26. The third kappa shape index (κ3) is 3.79. The molecule has 0 saturated heterocycles. The Kier molecular flexibility index (Phi) is 5.11. The zero-order valence-electron chi connectivity index (χ0n) is 14.9. The van der Waals surface area contributed by atoms with Crippen LogP contribution in [0.1, 0.15) is 37.3 Å². The molecule has 2 aromatic rings. The number of Topliss-reactive ketones (excluding diaryl/α,β-unsaturated/α-hetero) is 1. The summed E-state index contributed by atoms with van der Waals surface area (Å²) in [5.41, 5.74) is 1.61. The van der Waals surface area contributed by atoms with E-state index in [0.717, 1.165) is 11.3 Å². The summed E-state index contributed by atoms with van der Waals surface area (Å²) in [7, 11) is 1.60. The van der Waals surface area contributed by atoms with Crippen molar-refractivity contribution in [3.8, 4) is 23.0 Å². The van der Waals surface area contributed by atoms with Gasteiger partial charge in [0.1, 0.15) is 17.3 Å². The van der Waals surface area contributed by atoms with Crippen molar-refractivity contribution in [1.29, 1.82) is 0 Å². The Balaban J connectivity index is 2.09. The van der Waals surface area contributed by atoms with Crippen LogP contribution in [0.25, 0.3) is 0 Å². The Bertz CT molecular complexity index is 825. The van der Waals surface area contributed by atoms with Gasteiger partial charge in [-0.1, -0.05) is 12.1 Å². The molecule has 0 saturated carbocycles. The van der Waals surface area contributed by atoms with E-state index in [1.807, 2.05) is 24.3 Å². The molecule has 0 aliphatic carbocycles. The normalized spacial score (nSPS) is 13.2. The van der Waals surface area contributed by atoms with Gasteiger partial charge in [0.25, 0.3) is 0 Å². The van der Waals surface area contributed by atoms with Crippen LogP contribution < -0.4 is 18.9 Å². The monoisotopic (exact) mass is 356 g/mol. The molecule has 0 amide bonds. The van der Waals surface area contributed by atoms with Crippen molar-refractivity contribution in [3.05, 3.63) is 47.5 Å². The van der Waals surface area contributed by atoms with Gasteiger partial charge in [-0.2, -0.15) is 0 Å². The Morgan fingerprint density at radius 2 is 1.73 bits per heavy atom. The molecule has 2 aromatic carbocycles. The third-order valence-corrected chi connectivity index (χ3v) is 4.14. The zero-order chi connectivity index (χ0) is 18.7. The number of carbonyl (C=O) groups is 2. The SMILES string of the molecule is COc1ccc(C(CC(C)=O)c2cc3c(cc2OC(C)=O)OCO3)cc1. The zero-order valence-corrected chi connectivity index (χ0v) is 14.9. The molecule has 1 aliphatic rings. The van der Waals surface area contributed by atoms with Gasteiger partial charge in [-0.3, -0.25) is 9.59 Å². The second-order valence-corrected chi connectivity index (χ2v) is 6.07. The Labute approximate surface area is 151 Å². The van der Waals surface area contributed by atoms with Crippen molar-refractivity contribution in [2.45, 2.75) is 26.2 Å². The van der Waals surface area contributed by atoms with Crippen molar-refractivity contribution in [3.63, 3.8) is 0 Å². The molecule has 1 heterocycles. The first-order chi connectivity index (χ1) is 12.5. The van der Waals surface area contributed by atoms with E-state index in [4.69, 9.17) is 18.9 Å². The van der Waals surface area contributed by atoms with Crippen molar-refractivity contribution in [2.24, 2.45) is 0 Å². The van der Waals surface area contributed by atoms with Gasteiger partial charge in [0, 0.05) is 30.9 Å². The lowest BCUT2D eigenvalue weighted by Gasteiger charge is -2.20. The van der Waals surface area contributed by atoms with E-state index >= 15 is 0 Å². The number of methoxy groups -OCH3 is 1. The molecule has 0 fully saturated rings. The van der Waals surface area contributed by atoms with Crippen LogP contribution in [0.3, 0.4) is 0 Å². The molecule has 1 atom stereocenters. The van der Waals surface area contributed by atoms with E-state index in [1.54, 1.807) is 19.2 Å². The van der Waals surface area contributed by atoms with Gasteiger partial charge in [-0.15, -0.1) is 0 Å². The first kappa shape index (κ1) is 17.8. The van der Waals surface area contributed by atoms with Crippen LogP contribution in [0.2, 0.25) is 0 Å². The van der Waals surface area contributed by atoms with E-state index in [0.29, 0.717) is 22.8 Å². The summed E-state index contributed by atoms with van der Waals surface area (Å²) in [6, 6.07) is 10.9. The lowest BCUT2D eigenvalue weighted by atomic mass is 9.86. The van der Waals surface area contributed by atoms with Crippen LogP contribution in [-0.2, 0) is 9.59 Å². The maximum Gasteiger partial charge on any atom is 0.308 e. The maximum atomic E-state index is 11.9. The first-order valence-electron chi connectivity index (χ1n) is 8.23. The van der Waals surface area contributed by atoms with Crippen LogP contribution in [0.4, 0.5) is 0 Å². The molecule has 3 rings (SSSR count). The quantitative estimate of drug-likeness (QED) is 0.583. The molecule has 0 aromatic heterocycles. The number of benzene rings is 2. The summed E-state index contributed by atoms with van der Waals surface area (Å²) in [6.07, 6.45) is 0.264. The molecular weight excluding hydrogens is 336 g/mol. The average molecular weight is 356 g/mol. The minimum Gasteiger partial charge on any atom is -0.497 e. The molecule has 0 N–H and O–H groups in total. The molecule has 1 unspecified atom stereocenters. The predicted molar refractivity (Wildman–Crippen MR) is 94.0 cm³/mol. The predicted octanol–water partition coefficient (Wildman–Crippen LogP) is 3.46. The molecule has 0 radical (unpaired) electrons. The van der Waals surface area contributed by atoms with E-state index in [1.165, 1.54) is 13.8 Å². The van der Waals surface area contributed by atoms with Gasteiger partial charge in [-0.25, -0.2) is 0 Å². The Morgan fingerprint density at radius 1 is 1.08 bits per heavy atom. The Hall–Kier alpha value is -3.02. The minimum absolute atomic E-state index is 0.0252. The fourth-order valence-corrected chi connectivity index (χ4v) is 2.99. The molecule has 0 spiro atoms. The lowest BCUT2D eigenvalue weighted by molar-refractivity contribution is -0.131. The number of ether oxygens (including phenoxy) is 4. The number of esters is 1. The highest BCUT2D eigenvalue weighted by atomic mass is 16.7. The topological polar surface area (TPSA) is 71.1 Å². The second kappa shape index (κ2) is 7.47. The summed E-state index contributed by atoms with van der Waals surface area (Å²) < 4.78 is 21.4. The summed E-state index contributed by atoms with van der Waals surface area (Å²) in [4.78, 5) is 23.5. The molecule has 6 nitrogen and oxygen atoms in total. The highest BCUT2D eigenvalue weighted by Crippen LogP contribution is 2.44. The lowest BCUT2D eigenvalue weighted by Crippen LogP contribution is -2.11. The molecule has 0 bridgehead atoms. The molecule has 6 heteroatoms. The fourth-order valence-electron chi connectivity index (χ4n) is 2.99. The molecule has 136 valence electrons. The molecule has 26 heavy (non-hydrogen) atoms. The van der Waals surface area contributed by atoms with E-state index in [-0.39, 0.29) is 24.9 Å². The molecule has 1 aliphatic heterocycles. The third-order valence-electron chi connectivity index (χ3n) is 4.14. The number of ketones is 1. The number of carbonyl (C=O) groups excluding carboxylic acids is 2. The van der Waals surface area contributed by atoms with Gasteiger partial charge in [0.2, 0.25) is 6.79 Å². The summed E-state index contributed by atoms with van der Waals surface area (Å²) in [5, 5.41) is 0. The Morgan fingerprint density at radius 3 is 2.31 bits per heavy atom. The van der Waals surface area contributed by atoms with Crippen molar-refractivity contribution in [1.82, 2.24) is 0 Å². The number of hydrogen-bond acceptors (Lipinski definition) is 6. The smallest absolute Gasteiger partial charge is 0.308 e. The summed E-state index contributed by atoms with van der Waals surface area (Å²) in [5.74, 6) is 1.46. The molecular formula is C20H20O6. The second-order valence-electron chi connectivity index (χ2n) is 6.07. The van der Waals surface area contributed by atoms with Crippen LogP contribution in [-0.4, -0.2) is 25.7 Å². The maximum absolute atomic E-state index is 11.9. The van der Waals surface area contributed by atoms with E-state index < -0.39 is 5.97 Å². The van der Waals surface area contributed by atoms with Crippen molar-refractivity contribution < 1.29 is 28.5 Å². The van der Waals surface area contributed by atoms with E-state index in [9.17, 15) is 9.59 Å². The standard InChI is InChI=1S/C20H20O6/c1-12(21)8-16(14-4-6-15(23-3)7-5-14)17-9-19-20(25-11-24-19)10-18(17)26-13(2)22/h4-7,9-10,16H,8,11H2,1-3H3. The van der Waals surface area contributed by atoms with Gasteiger partial charge >= 0.3 is 5.97 Å². The first-order valence-corrected chi connectivity index (χ1v) is 8.23. The van der Waals surface area contributed by atoms with Gasteiger partial charge in [-0.05, 0) is 30.7 Å². The summed E-state index contributed by atoms with van der Waals surface area (Å²) in [6.45, 7) is 2.98. The fraction of sp³-hybridized carbons (Fsp3) is 0.300. The van der Waals surface area contributed by atoms with Crippen LogP contribution in [0, 0.1) is 0 Å². The number of hydrogen-bond donors (Lipinski definition) is 0. The van der Waals surface area contributed by atoms with Crippen molar-refractivity contribution in [2.75, 3.05) is 13.9 Å². The summed E-state index contributed by atoms with van der Waals surface area (Å²) >= 11 is 0. The van der Waals surface area contributed by atoms with E-state index in [2.05, 4.69) is 0 Å².